The molecule has 0 spiro atoms. The highest BCUT2D eigenvalue weighted by Crippen LogP contribution is 2.06. The van der Waals surface area contributed by atoms with E-state index >= 15 is 0 Å². The van der Waals surface area contributed by atoms with Gasteiger partial charge in [-0.3, -0.25) is 9.59 Å². The third-order valence-electron chi connectivity index (χ3n) is 1.62. The van der Waals surface area contributed by atoms with Crippen LogP contribution in [0.3, 0.4) is 0 Å². The molecule has 5 N–H and O–H groups in total. The Bertz CT molecular complexity index is 288. The van der Waals surface area contributed by atoms with Gasteiger partial charge in [0.05, 0.1) is 18.7 Å². The van der Waals surface area contributed by atoms with Gasteiger partial charge in [0.25, 0.3) is 0 Å². The number of carboxylic acids is 1. The average molecular weight is 200 g/mol. The van der Waals surface area contributed by atoms with E-state index in [0.717, 1.165) is 0 Å². The molecular weight excluding hydrogens is 188 g/mol. The van der Waals surface area contributed by atoms with Crippen molar-refractivity contribution in [3.05, 3.63) is 11.1 Å². The Balaban J connectivity index is 5.30. The van der Waals surface area contributed by atoms with Crippen molar-refractivity contribution < 1.29 is 19.5 Å². The summed E-state index contributed by atoms with van der Waals surface area (Å²) in [5.41, 5.74) is 9.33. The molecular formula is C8H12N2O4. The van der Waals surface area contributed by atoms with E-state index in [1.165, 1.54) is 6.92 Å². The Kier molecular flexibility index (Phi) is 4.68. The number of carbonyl (C=O) groups is 3. The van der Waals surface area contributed by atoms with Crippen LogP contribution in [0.4, 0.5) is 0 Å². The van der Waals surface area contributed by atoms with Gasteiger partial charge in [0.1, 0.15) is 0 Å². The third kappa shape index (κ3) is 2.75. The van der Waals surface area contributed by atoms with Crippen molar-refractivity contribution >= 4 is 17.5 Å². The monoisotopic (exact) mass is 200 g/mol. The van der Waals surface area contributed by atoms with Gasteiger partial charge in [-0.05, 0) is 6.92 Å². The molecule has 0 heterocycles. The van der Waals surface area contributed by atoms with E-state index < -0.39 is 36.2 Å². The highest BCUT2D eigenvalue weighted by molar-refractivity contribution is 6.24. The summed E-state index contributed by atoms with van der Waals surface area (Å²) in [5.74, 6) is -2.75. The zero-order valence-corrected chi connectivity index (χ0v) is 7.74. The van der Waals surface area contributed by atoms with Crippen LogP contribution in [0.15, 0.2) is 11.1 Å². The predicted octanol–water partition coefficient (Wildman–Crippen LogP) is -1.56. The van der Waals surface area contributed by atoms with Gasteiger partial charge in [0, 0.05) is 5.57 Å². The molecule has 0 aromatic carbocycles. The molecule has 6 heteroatoms. The van der Waals surface area contributed by atoms with E-state index in [4.69, 9.17) is 16.6 Å². The van der Waals surface area contributed by atoms with Gasteiger partial charge in [-0.1, -0.05) is 0 Å². The third-order valence-corrected chi connectivity index (χ3v) is 1.62. The van der Waals surface area contributed by atoms with Crippen LogP contribution in [0.2, 0.25) is 0 Å². The molecule has 0 rings (SSSR count). The maximum Gasteiger partial charge on any atom is 0.332 e. The molecule has 0 atom stereocenters. The van der Waals surface area contributed by atoms with Crippen LogP contribution in [-0.2, 0) is 14.4 Å². The Morgan fingerprint density at radius 2 is 1.43 bits per heavy atom. The first-order valence-electron chi connectivity index (χ1n) is 3.86. The lowest BCUT2D eigenvalue weighted by atomic mass is 10.0. The summed E-state index contributed by atoms with van der Waals surface area (Å²) in [7, 11) is 0. The maximum atomic E-state index is 11.1. The van der Waals surface area contributed by atoms with Crippen molar-refractivity contribution in [3.63, 3.8) is 0 Å². The SMILES string of the molecule is CC(C(=O)O)=C(C(=O)CN)C(=O)CN. The lowest BCUT2D eigenvalue weighted by Gasteiger charge is -2.04. The van der Waals surface area contributed by atoms with Gasteiger partial charge < -0.3 is 16.6 Å². The zero-order valence-electron chi connectivity index (χ0n) is 7.74. The van der Waals surface area contributed by atoms with Crippen LogP contribution in [0.25, 0.3) is 0 Å². The Morgan fingerprint density at radius 3 is 1.64 bits per heavy atom. The summed E-state index contributed by atoms with van der Waals surface area (Å²) >= 11 is 0. The molecule has 0 aromatic heterocycles. The Morgan fingerprint density at radius 1 is 1.07 bits per heavy atom. The molecule has 6 nitrogen and oxygen atoms in total. The lowest BCUT2D eigenvalue weighted by Crippen LogP contribution is -2.28. The number of hydrogen-bond donors (Lipinski definition) is 3. The first-order chi connectivity index (χ1) is 6.45. The van der Waals surface area contributed by atoms with Crippen molar-refractivity contribution in [2.75, 3.05) is 13.1 Å². The molecule has 0 radical (unpaired) electrons. The fourth-order valence-electron chi connectivity index (χ4n) is 0.885. The number of hydrogen-bond acceptors (Lipinski definition) is 5. The standard InChI is InChI=1S/C8H12N2O4/c1-4(8(13)14)7(5(11)2-9)6(12)3-10/h2-3,9-10H2,1H3,(H,13,14). The largest absolute Gasteiger partial charge is 0.478 e. The molecule has 0 aliphatic rings. The maximum absolute atomic E-state index is 11.1. The first kappa shape index (κ1) is 12.5. The second kappa shape index (κ2) is 5.25. The minimum absolute atomic E-state index is 0.323. The quantitative estimate of drug-likeness (QED) is 0.280. The zero-order chi connectivity index (χ0) is 11.3. The minimum Gasteiger partial charge on any atom is -0.478 e. The van der Waals surface area contributed by atoms with E-state index in [1.807, 2.05) is 0 Å². The Labute approximate surface area is 80.6 Å². The van der Waals surface area contributed by atoms with Crippen LogP contribution in [0, 0.1) is 0 Å². The van der Waals surface area contributed by atoms with Crippen molar-refractivity contribution in [1.29, 1.82) is 0 Å². The number of carbonyl (C=O) groups excluding carboxylic acids is 2. The number of aliphatic carboxylic acids is 1. The van der Waals surface area contributed by atoms with E-state index in [2.05, 4.69) is 0 Å². The second-order valence-electron chi connectivity index (χ2n) is 2.56. The molecule has 0 saturated heterocycles. The molecule has 0 bridgehead atoms. The highest BCUT2D eigenvalue weighted by atomic mass is 16.4. The van der Waals surface area contributed by atoms with Gasteiger partial charge in [-0.15, -0.1) is 0 Å². The molecule has 0 unspecified atom stereocenters. The number of rotatable bonds is 5. The van der Waals surface area contributed by atoms with Gasteiger partial charge in [-0.25, -0.2) is 4.79 Å². The molecule has 0 aliphatic carbocycles. The van der Waals surface area contributed by atoms with Crippen molar-refractivity contribution in [3.8, 4) is 0 Å². The van der Waals surface area contributed by atoms with Gasteiger partial charge in [-0.2, -0.15) is 0 Å². The number of carboxylic acid groups (broad SMARTS) is 1. The van der Waals surface area contributed by atoms with Crippen LogP contribution < -0.4 is 11.5 Å². The summed E-state index contributed by atoms with van der Waals surface area (Å²) in [6.45, 7) is 0.343. The summed E-state index contributed by atoms with van der Waals surface area (Å²) in [4.78, 5) is 32.8. The van der Waals surface area contributed by atoms with Crippen molar-refractivity contribution in [1.82, 2.24) is 0 Å². The number of Topliss-reactive ketones (excluding diaryl/α,β-unsaturated/α-hetero) is 2. The first-order valence-corrected chi connectivity index (χ1v) is 3.86. The molecule has 0 aromatic rings. The molecule has 0 amide bonds. The number of ketones is 2. The van der Waals surface area contributed by atoms with Crippen molar-refractivity contribution in [2.24, 2.45) is 11.5 Å². The average Bonchev–Trinajstić information content (AvgIpc) is 2.16. The lowest BCUT2D eigenvalue weighted by molar-refractivity contribution is -0.133. The summed E-state index contributed by atoms with van der Waals surface area (Å²) in [6.07, 6.45) is 0. The number of nitrogens with two attached hydrogens (primary N) is 2. The molecule has 0 aliphatic heterocycles. The smallest absolute Gasteiger partial charge is 0.332 e. The summed E-state index contributed by atoms with van der Waals surface area (Å²) in [6, 6.07) is 0. The predicted molar refractivity (Wildman–Crippen MR) is 48.5 cm³/mol. The van der Waals surface area contributed by atoms with E-state index in [0.29, 0.717) is 0 Å². The van der Waals surface area contributed by atoms with E-state index in [-0.39, 0.29) is 5.57 Å². The normalized spacial score (nSPS) is 9.36. The molecule has 0 fully saturated rings. The highest BCUT2D eigenvalue weighted by Gasteiger charge is 2.21. The van der Waals surface area contributed by atoms with Crippen LogP contribution >= 0.6 is 0 Å². The topological polar surface area (TPSA) is 123 Å². The fraction of sp³-hybridized carbons (Fsp3) is 0.375. The molecule has 14 heavy (non-hydrogen) atoms. The van der Waals surface area contributed by atoms with Crippen LogP contribution in [0.5, 0.6) is 0 Å². The Hall–Kier alpha value is -1.53. The fourth-order valence-corrected chi connectivity index (χ4v) is 0.885. The van der Waals surface area contributed by atoms with Gasteiger partial charge in [0.15, 0.2) is 11.6 Å². The van der Waals surface area contributed by atoms with Gasteiger partial charge in [0.2, 0.25) is 0 Å². The van der Waals surface area contributed by atoms with E-state index in [1.54, 1.807) is 0 Å². The van der Waals surface area contributed by atoms with Crippen LogP contribution in [-0.4, -0.2) is 35.7 Å². The van der Waals surface area contributed by atoms with Crippen LogP contribution in [0.1, 0.15) is 6.92 Å². The molecule has 0 saturated carbocycles. The summed E-state index contributed by atoms with van der Waals surface area (Å²) in [5, 5.41) is 8.60. The minimum atomic E-state index is -1.33. The molecule has 78 valence electrons. The van der Waals surface area contributed by atoms with Gasteiger partial charge >= 0.3 is 5.97 Å². The second-order valence-corrected chi connectivity index (χ2v) is 2.56. The van der Waals surface area contributed by atoms with E-state index in [9.17, 15) is 14.4 Å². The van der Waals surface area contributed by atoms with Crippen molar-refractivity contribution in [2.45, 2.75) is 6.92 Å². The summed E-state index contributed by atoms with van der Waals surface area (Å²) < 4.78 is 0.